The minimum absolute atomic E-state index is 0.0151. The third-order valence-corrected chi connectivity index (χ3v) is 18.8. The SMILES string of the molecule is CC[C@H](C)[C@@H]([C@@H](CC(=O)N1CCC[C@H]1[C@H](OC)[C@@H](C)C(=O)N[C@@H](Cc1ccccc1)C(=O)O)OC)N(C)C(=O)[C@@H](NC(=O)[C@@H]1[C@H]2CC[C@H](C2)N1C(=O)CCCCCNC(=O)C1CN1C(c1ccccc1)(c1ccccc1)c1ccccc1)C(C)C. The number of unbranched alkanes of at least 4 members (excludes halogenated alkanes) is 2. The molecule has 0 aromatic heterocycles. The van der Waals surface area contributed by atoms with Crippen LogP contribution < -0.4 is 16.0 Å². The Labute approximate surface area is 502 Å². The van der Waals surface area contributed by atoms with Crippen molar-refractivity contribution in [2.75, 3.05) is 40.9 Å². The number of carboxylic acid groups (broad SMARTS) is 1. The summed E-state index contributed by atoms with van der Waals surface area (Å²) in [5.41, 5.74) is 3.38. The smallest absolute Gasteiger partial charge is 0.326 e. The predicted molar refractivity (Wildman–Crippen MR) is 326 cm³/mol. The first-order valence-corrected chi connectivity index (χ1v) is 31.0. The monoisotopic (exact) mass is 1170 g/mol. The minimum Gasteiger partial charge on any atom is -0.480 e. The van der Waals surface area contributed by atoms with E-state index in [-0.39, 0.29) is 78.6 Å². The Morgan fingerprint density at radius 1 is 0.729 bits per heavy atom. The summed E-state index contributed by atoms with van der Waals surface area (Å²) in [6, 6.07) is 36.0. The van der Waals surface area contributed by atoms with Gasteiger partial charge in [-0.2, -0.15) is 0 Å². The molecule has 4 aromatic rings. The quantitative estimate of drug-likeness (QED) is 0.0227. The molecule has 3 saturated heterocycles. The van der Waals surface area contributed by atoms with Gasteiger partial charge in [0.2, 0.25) is 35.4 Å². The van der Waals surface area contributed by atoms with E-state index < -0.39 is 65.8 Å². The number of methoxy groups -OCH3 is 2. The van der Waals surface area contributed by atoms with Gasteiger partial charge in [-0.05, 0) is 85.0 Å². The summed E-state index contributed by atoms with van der Waals surface area (Å²) in [6.45, 7) is 11.0. The van der Waals surface area contributed by atoms with Crippen molar-refractivity contribution in [1.82, 2.24) is 35.6 Å². The van der Waals surface area contributed by atoms with Gasteiger partial charge in [-0.3, -0.25) is 33.7 Å². The van der Waals surface area contributed by atoms with E-state index in [1.807, 2.05) is 113 Å². The number of hydrogen-bond acceptors (Lipinski definition) is 10. The highest BCUT2D eigenvalue weighted by atomic mass is 16.5. The highest BCUT2D eigenvalue weighted by Crippen LogP contribution is 2.48. The van der Waals surface area contributed by atoms with Crippen molar-refractivity contribution in [2.45, 2.75) is 172 Å². The van der Waals surface area contributed by atoms with Gasteiger partial charge < -0.3 is 45.2 Å². The maximum atomic E-state index is 14.9. The molecule has 4 N–H and O–H groups in total. The van der Waals surface area contributed by atoms with Crippen LogP contribution in [0.2, 0.25) is 0 Å². The molecule has 2 unspecified atom stereocenters. The zero-order valence-electron chi connectivity index (χ0n) is 51.1. The summed E-state index contributed by atoms with van der Waals surface area (Å²) in [7, 11) is 4.73. The van der Waals surface area contributed by atoms with Crippen molar-refractivity contribution in [2.24, 2.45) is 23.7 Å². The minimum atomic E-state index is -1.16. The Morgan fingerprint density at radius 2 is 1.33 bits per heavy atom. The molecule has 4 aromatic carbocycles. The Morgan fingerprint density at radius 3 is 1.88 bits per heavy atom. The molecular weight excluding hydrogens is 1070 g/mol. The number of likely N-dealkylation sites (N-methyl/N-ethyl adjacent to an activating group) is 1. The topological polar surface area (TPSA) is 207 Å². The average molecular weight is 1170 g/mol. The van der Waals surface area contributed by atoms with E-state index in [1.54, 1.807) is 28.7 Å². The number of fused-ring (bicyclic) bond motifs is 2. The molecule has 17 nitrogen and oxygen atoms in total. The van der Waals surface area contributed by atoms with E-state index in [2.05, 4.69) is 57.2 Å². The second-order valence-corrected chi connectivity index (χ2v) is 24.5. The van der Waals surface area contributed by atoms with Crippen LogP contribution in [-0.4, -0.2) is 162 Å². The molecule has 3 heterocycles. The molecule has 13 atom stereocenters. The highest BCUT2D eigenvalue weighted by Gasteiger charge is 2.56. The number of piperidine rings is 1. The van der Waals surface area contributed by atoms with Crippen LogP contribution in [0.4, 0.5) is 0 Å². The highest BCUT2D eigenvalue weighted by molar-refractivity contribution is 5.93. The van der Waals surface area contributed by atoms with Crippen LogP contribution >= 0.6 is 0 Å². The Bertz CT molecular complexity index is 2780. The lowest BCUT2D eigenvalue weighted by Gasteiger charge is -2.41. The summed E-state index contributed by atoms with van der Waals surface area (Å²) >= 11 is 0. The molecule has 458 valence electrons. The Balaban J connectivity index is 0.847. The number of aliphatic carboxylic acids is 1. The number of carbonyl (C=O) groups is 7. The number of nitrogens with zero attached hydrogens (tertiary/aromatic N) is 4. The van der Waals surface area contributed by atoms with Crippen molar-refractivity contribution in [3.63, 3.8) is 0 Å². The van der Waals surface area contributed by atoms with Gasteiger partial charge in [0.05, 0.1) is 42.2 Å². The number of carbonyl (C=O) groups excluding carboxylic acids is 6. The maximum Gasteiger partial charge on any atom is 0.326 e. The molecule has 4 aliphatic rings. The van der Waals surface area contributed by atoms with Crippen LogP contribution in [0, 0.1) is 23.7 Å². The summed E-state index contributed by atoms with van der Waals surface area (Å²) in [5, 5.41) is 19.0. The predicted octanol–water partition coefficient (Wildman–Crippen LogP) is 7.59. The largest absolute Gasteiger partial charge is 0.480 e. The van der Waals surface area contributed by atoms with Crippen LogP contribution in [0.15, 0.2) is 121 Å². The average Bonchev–Trinajstić information content (AvgIpc) is 2.58. The van der Waals surface area contributed by atoms with E-state index in [0.29, 0.717) is 51.7 Å². The number of benzene rings is 4. The van der Waals surface area contributed by atoms with Crippen LogP contribution in [-0.2, 0) is 55.0 Å². The zero-order chi connectivity index (χ0) is 61.0. The fraction of sp³-hybridized carbons (Fsp3) is 0.544. The molecule has 2 bridgehead atoms. The lowest BCUT2D eigenvalue weighted by molar-refractivity contribution is -0.149. The van der Waals surface area contributed by atoms with Crippen molar-refractivity contribution in [3.05, 3.63) is 144 Å². The first-order chi connectivity index (χ1) is 41.0. The van der Waals surface area contributed by atoms with Crippen LogP contribution in [0.3, 0.4) is 0 Å². The van der Waals surface area contributed by atoms with Crippen molar-refractivity contribution in [3.8, 4) is 0 Å². The second-order valence-electron chi connectivity index (χ2n) is 24.5. The lowest BCUT2D eigenvalue weighted by Crippen LogP contribution is -2.60. The lowest BCUT2D eigenvalue weighted by atomic mass is 9.76. The van der Waals surface area contributed by atoms with Crippen molar-refractivity contribution in [1.29, 1.82) is 0 Å². The first kappa shape index (κ1) is 64.1. The van der Waals surface area contributed by atoms with Gasteiger partial charge in [0, 0.05) is 59.8 Å². The molecule has 0 spiro atoms. The second kappa shape index (κ2) is 29.4. The van der Waals surface area contributed by atoms with E-state index in [4.69, 9.17) is 9.47 Å². The van der Waals surface area contributed by atoms with Gasteiger partial charge in [0.15, 0.2) is 0 Å². The van der Waals surface area contributed by atoms with E-state index in [9.17, 15) is 38.7 Å². The molecule has 1 saturated carbocycles. The van der Waals surface area contributed by atoms with Gasteiger partial charge in [-0.1, -0.05) is 169 Å². The van der Waals surface area contributed by atoms with Gasteiger partial charge >= 0.3 is 5.97 Å². The molecule has 8 rings (SSSR count). The normalized spacial score (nSPS) is 22.4. The van der Waals surface area contributed by atoms with E-state index >= 15 is 0 Å². The zero-order valence-corrected chi connectivity index (χ0v) is 51.1. The van der Waals surface area contributed by atoms with Crippen LogP contribution in [0.1, 0.15) is 128 Å². The number of nitrogens with one attached hydrogen (secondary N) is 3. The summed E-state index contributed by atoms with van der Waals surface area (Å²) in [5.74, 6) is -3.86. The number of rotatable bonds is 30. The van der Waals surface area contributed by atoms with E-state index in [0.717, 1.165) is 47.9 Å². The number of ether oxygens (including phenoxy) is 2. The molecule has 1 aliphatic carbocycles. The number of carboxylic acids is 1. The molecule has 4 fully saturated rings. The molecule has 6 amide bonds. The first-order valence-electron chi connectivity index (χ1n) is 31.0. The number of likely N-dealkylation sites (tertiary alicyclic amines) is 2. The molecule has 0 radical (unpaired) electrons. The fourth-order valence-corrected chi connectivity index (χ4v) is 14.1. The maximum absolute atomic E-state index is 14.9. The summed E-state index contributed by atoms with van der Waals surface area (Å²) < 4.78 is 12.1. The summed E-state index contributed by atoms with van der Waals surface area (Å²) in [6.07, 6.45) is 5.18. The Hall–Kier alpha value is -6.95. The summed E-state index contributed by atoms with van der Waals surface area (Å²) in [4.78, 5) is 105. The van der Waals surface area contributed by atoms with Crippen LogP contribution in [0.5, 0.6) is 0 Å². The van der Waals surface area contributed by atoms with Gasteiger partial charge in [-0.25, -0.2) is 4.79 Å². The standard InChI is InChI=1S/C68H91N7O10/c1-9-45(4)60(56(84-7)42-58(77)73-39-25-34-54(73)62(85-8)46(5)63(78)70-53(67(82)83)40-47-26-15-10-16-27-47)72(6)66(81)59(44(2)3)71-65(80)61-48-36-37-52(41-48)75(61)57(76)35-23-14-24-38-69-64(79)55-43-74(55)68(49-28-17-11-18-29-49,50-30-19-12-20-31-50)51-32-21-13-22-33-51/h10-13,15-22,26-33,44-46,48,52-56,59-62H,9,14,23-25,34-43H2,1-8H3,(H,69,79)(H,70,78)(H,71,80)(H,82,83)/t45-,46+,48-,52+,53-,54-,55?,56+,59-,60-,61-,62+,74?/m0/s1. The third-order valence-electron chi connectivity index (χ3n) is 18.8. The van der Waals surface area contributed by atoms with Gasteiger partial charge in [-0.15, -0.1) is 0 Å². The molecule has 3 aliphatic heterocycles. The van der Waals surface area contributed by atoms with E-state index in [1.165, 1.54) is 14.2 Å². The third kappa shape index (κ3) is 14.5. The molecule has 17 heteroatoms. The van der Waals surface area contributed by atoms with Gasteiger partial charge in [0.25, 0.3) is 0 Å². The molecule has 85 heavy (non-hydrogen) atoms. The number of hydrogen-bond donors (Lipinski definition) is 4. The molecular formula is C68H91N7O10. The van der Waals surface area contributed by atoms with Crippen molar-refractivity contribution >= 4 is 41.4 Å². The van der Waals surface area contributed by atoms with Crippen molar-refractivity contribution < 1.29 is 48.1 Å². The van der Waals surface area contributed by atoms with Gasteiger partial charge in [0.1, 0.15) is 24.2 Å². The fourth-order valence-electron chi connectivity index (χ4n) is 14.1. The Kier molecular flexibility index (Phi) is 22.2. The number of amides is 6. The van der Waals surface area contributed by atoms with Crippen LogP contribution in [0.25, 0.3) is 0 Å².